The molecule has 0 spiro atoms. The maximum atomic E-state index is 10.1. The van der Waals surface area contributed by atoms with Crippen LogP contribution < -0.4 is 5.32 Å². The van der Waals surface area contributed by atoms with E-state index < -0.39 is 5.54 Å². The Morgan fingerprint density at radius 3 is 2.62 bits per heavy atom. The second-order valence-corrected chi connectivity index (χ2v) is 6.29. The van der Waals surface area contributed by atoms with E-state index in [9.17, 15) is 5.11 Å². The molecule has 0 aliphatic carbocycles. The Morgan fingerprint density at radius 1 is 1.38 bits per heavy atom. The van der Waals surface area contributed by atoms with Crippen LogP contribution in [0.1, 0.15) is 25.8 Å². The molecule has 1 aromatic rings. The molecule has 1 aliphatic heterocycles. The molecule has 0 radical (unpaired) electrons. The van der Waals surface area contributed by atoms with Gasteiger partial charge in [-0.3, -0.25) is 4.90 Å². The minimum Gasteiger partial charge on any atom is -0.394 e. The average Bonchev–Trinajstić information content (AvgIpc) is 2.94. The first kappa shape index (κ1) is 16.4. The van der Waals surface area contributed by atoms with Gasteiger partial charge in [0.15, 0.2) is 0 Å². The van der Waals surface area contributed by atoms with Crippen molar-refractivity contribution in [1.82, 2.24) is 10.2 Å². The van der Waals surface area contributed by atoms with Gasteiger partial charge in [-0.1, -0.05) is 30.3 Å². The molecule has 4 nitrogen and oxygen atoms in total. The van der Waals surface area contributed by atoms with Crippen LogP contribution in [-0.2, 0) is 10.3 Å². The normalized spacial score (nSPS) is 22.6. The third-order valence-electron chi connectivity index (χ3n) is 4.22. The maximum absolute atomic E-state index is 10.1. The smallest absolute Gasteiger partial charge is 0.0799 e. The summed E-state index contributed by atoms with van der Waals surface area (Å²) in [5.74, 6) is 0. The van der Waals surface area contributed by atoms with Crippen molar-refractivity contribution in [2.24, 2.45) is 0 Å². The molecule has 2 atom stereocenters. The monoisotopic (exact) mass is 292 g/mol. The molecule has 118 valence electrons. The predicted molar refractivity (Wildman–Crippen MR) is 85.3 cm³/mol. The van der Waals surface area contributed by atoms with Crippen LogP contribution in [0.5, 0.6) is 0 Å². The molecule has 2 unspecified atom stereocenters. The Morgan fingerprint density at radius 2 is 2.10 bits per heavy atom. The Hall–Kier alpha value is -0.940. The topological polar surface area (TPSA) is 44.7 Å². The number of likely N-dealkylation sites (tertiary alicyclic amines) is 1. The van der Waals surface area contributed by atoms with Crippen LogP contribution >= 0.6 is 0 Å². The first-order chi connectivity index (χ1) is 10.1. The van der Waals surface area contributed by atoms with Gasteiger partial charge in [0.25, 0.3) is 0 Å². The molecule has 1 fully saturated rings. The summed E-state index contributed by atoms with van der Waals surface area (Å²) in [6, 6.07) is 10.6. The highest BCUT2D eigenvalue weighted by atomic mass is 16.5. The zero-order valence-electron chi connectivity index (χ0n) is 13.4. The molecular weight excluding hydrogens is 264 g/mol. The zero-order chi connectivity index (χ0) is 15.3. The van der Waals surface area contributed by atoms with E-state index in [1.165, 1.54) is 0 Å². The number of nitrogens with zero attached hydrogens (tertiary/aromatic N) is 1. The second kappa shape index (κ2) is 7.36. The summed E-state index contributed by atoms with van der Waals surface area (Å²) in [5, 5.41) is 13.7. The van der Waals surface area contributed by atoms with E-state index in [1.54, 1.807) is 7.11 Å². The van der Waals surface area contributed by atoms with Crippen LogP contribution in [-0.4, -0.2) is 55.5 Å². The number of aliphatic hydroxyl groups is 1. The number of nitrogens with one attached hydrogen (secondary N) is 1. The first-order valence-corrected chi connectivity index (χ1v) is 7.79. The van der Waals surface area contributed by atoms with Crippen molar-refractivity contribution in [2.45, 2.75) is 38.0 Å². The van der Waals surface area contributed by atoms with Gasteiger partial charge in [0.05, 0.1) is 18.2 Å². The number of hydrogen-bond acceptors (Lipinski definition) is 4. The van der Waals surface area contributed by atoms with Gasteiger partial charge in [0.1, 0.15) is 0 Å². The fourth-order valence-electron chi connectivity index (χ4n) is 3.23. The maximum Gasteiger partial charge on any atom is 0.0799 e. The highest BCUT2D eigenvalue weighted by molar-refractivity contribution is 5.26. The summed E-state index contributed by atoms with van der Waals surface area (Å²) in [6.45, 7) is 7.08. The fraction of sp³-hybridized carbons (Fsp3) is 0.647. The van der Waals surface area contributed by atoms with E-state index in [4.69, 9.17) is 4.74 Å². The van der Waals surface area contributed by atoms with Crippen molar-refractivity contribution < 1.29 is 9.84 Å². The molecule has 2 rings (SSSR count). The lowest BCUT2D eigenvalue weighted by Gasteiger charge is -2.38. The number of aliphatic hydroxyl groups excluding tert-OH is 1. The van der Waals surface area contributed by atoms with Crippen molar-refractivity contribution in [2.75, 3.05) is 33.4 Å². The summed E-state index contributed by atoms with van der Waals surface area (Å²) >= 11 is 0. The molecular formula is C17H28N2O2. The van der Waals surface area contributed by atoms with Gasteiger partial charge in [-0.25, -0.2) is 0 Å². The minimum atomic E-state index is -0.419. The summed E-state index contributed by atoms with van der Waals surface area (Å²) in [5.41, 5.74) is 0.722. The molecule has 1 aliphatic rings. The van der Waals surface area contributed by atoms with Crippen LogP contribution in [0.2, 0.25) is 0 Å². The number of benzene rings is 1. The van der Waals surface area contributed by atoms with Crippen LogP contribution in [0, 0.1) is 0 Å². The number of ether oxygens (including phenoxy) is 1. The SMILES string of the molecule is COC1CCN(CC(CO)(NC(C)C)c2ccccc2)C1. The van der Waals surface area contributed by atoms with Crippen LogP contribution in [0.3, 0.4) is 0 Å². The molecule has 21 heavy (non-hydrogen) atoms. The van der Waals surface area contributed by atoms with Gasteiger partial charge >= 0.3 is 0 Å². The van der Waals surface area contributed by atoms with Crippen molar-refractivity contribution in [3.05, 3.63) is 35.9 Å². The molecule has 0 amide bonds. The number of rotatable bonds is 7. The highest BCUT2D eigenvalue weighted by Crippen LogP contribution is 2.25. The summed E-state index contributed by atoms with van der Waals surface area (Å²) < 4.78 is 5.45. The van der Waals surface area contributed by atoms with Gasteiger partial charge in [-0.15, -0.1) is 0 Å². The summed E-state index contributed by atoms with van der Waals surface area (Å²) in [7, 11) is 1.77. The number of methoxy groups -OCH3 is 1. The lowest BCUT2D eigenvalue weighted by atomic mass is 9.89. The molecule has 0 aromatic heterocycles. The third-order valence-corrected chi connectivity index (χ3v) is 4.22. The summed E-state index contributed by atoms with van der Waals surface area (Å²) in [6.07, 6.45) is 1.38. The van der Waals surface area contributed by atoms with Gasteiger partial charge in [-0.05, 0) is 25.8 Å². The molecule has 0 saturated carbocycles. The molecule has 1 saturated heterocycles. The van der Waals surface area contributed by atoms with Gasteiger partial charge in [0.2, 0.25) is 0 Å². The van der Waals surface area contributed by atoms with E-state index in [0.29, 0.717) is 12.1 Å². The Labute approximate surface area is 128 Å². The predicted octanol–water partition coefficient (Wildman–Crippen LogP) is 1.59. The van der Waals surface area contributed by atoms with Gasteiger partial charge in [0, 0.05) is 32.8 Å². The quantitative estimate of drug-likeness (QED) is 0.801. The molecule has 4 heteroatoms. The van der Waals surface area contributed by atoms with E-state index in [-0.39, 0.29) is 6.61 Å². The van der Waals surface area contributed by atoms with E-state index in [2.05, 4.69) is 36.2 Å². The standard InChI is InChI=1S/C17H28N2O2/c1-14(2)18-17(13-20,15-7-5-4-6-8-15)12-19-10-9-16(11-19)21-3/h4-8,14,16,18,20H,9-13H2,1-3H3. The van der Waals surface area contributed by atoms with E-state index in [0.717, 1.165) is 31.6 Å². The van der Waals surface area contributed by atoms with E-state index >= 15 is 0 Å². The molecule has 1 heterocycles. The lowest BCUT2D eigenvalue weighted by molar-refractivity contribution is 0.0839. The second-order valence-electron chi connectivity index (χ2n) is 6.29. The largest absolute Gasteiger partial charge is 0.394 e. The van der Waals surface area contributed by atoms with Crippen molar-refractivity contribution in [3.63, 3.8) is 0 Å². The highest BCUT2D eigenvalue weighted by Gasteiger charge is 2.36. The van der Waals surface area contributed by atoms with Crippen LogP contribution in [0.4, 0.5) is 0 Å². The Balaban J connectivity index is 2.19. The van der Waals surface area contributed by atoms with E-state index in [1.807, 2.05) is 18.2 Å². The van der Waals surface area contributed by atoms with Crippen molar-refractivity contribution in [1.29, 1.82) is 0 Å². The third kappa shape index (κ3) is 4.04. The van der Waals surface area contributed by atoms with Crippen molar-refractivity contribution >= 4 is 0 Å². The zero-order valence-corrected chi connectivity index (χ0v) is 13.4. The molecule has 0 bridgehead atoms. The molecule has 1 aromatic carbocycles. The lowest BCUT2D eigenvalue weighted by Crippen LogP contribution is -2.55. The Kier molecular flexibility index (Phi) is 5.76. The number of hydrogen-bond donors (Lipinski definition) is 2. The van der Waals surface area contributed by atoms with Crippen LogP contribution in [0.15, 0.2) is 30.3 Å². The fourth-order valence-corrected chi connectivity index (χ4v) is 3.23. The Bertz CT molecular complexity index is 424. The summed E-state index contributed by atoms with van der Waals surface area (Å²) in [4.78, 5) is 2.38. The minimum absolute atomic E-state index is 0.0866. The molecule has 2 N–H and O–H groups in total. The average molecular weight is 292 g/mol. The van der Waals surface area contributed by atoms with Crippen molar-refractivity contribution in [3.8, 4) is 0 Å². The van der Waals surface area contributed by atoms with Gasteiger partial charge in [-0.2, -0.15) is 0 Å². The van der Waals surface area contributed by atoms with Gasteiger partial charge < -0.3 is 15.2 Å². The first-order valence-electron chi connectivity index (χ1n) is 7.79. The van der Waals surface area contributed by atoms with Crippen LogP contribution in [0.25, 0.3) is 0 Å².